The second-order valence-electron chi connectivity index (χ2n) is 5.61. The van der Waals surface area contributed by atoms with Gasteiger partial charge in [0, 0.05) is 31.5 Å². The van der Waals surface area contributed by atoms with E-state index in [2.05, 4.69) is 25.3 Å². The maximum atomic E-state index is 13.0. The van der Waals surface area contributed by atoms with Crippen molar-refractivity contribution in [1.82, 2.24) is 24.8 Å². The summed E-state index contributed by atoms with van der Waals surface area (Å²) in [6.45, 7) is 5.03. The summed E-state index contributed by atoms with van der Waals surface area (Å²) in [7, 11) is 1.80. The Hall–Kier alpha value is -2.61. The van der Waals surface area contributed by atoms with Crippen LogP contribution in [0.1, 0.15) is 33.6 Å². The van der Waals surface area contributed by atoms with Crippen molar-refractivity contribution in [1.29, 1.82) is 0 Å². The van der Waals surface area contributed by atoms with Crippen molar-refractivity contribution >= 4 is 11.7 Å². The van der Waals surface area contributed by atoms with Crippen molar-refractivity contribution in [3.8, 4) is 0 Å². The Morgan fingerprint density at radius 1 is 1.38 bits per heavy atom. The number of hydrogen-bond donors (Lipinski definition) is 1. The van der Waals surface area contributed by atoms with E-state index in [0.717, 1.165) is 11.5 Å². The Morgan fingerprint density at radius 2 is 2.21 bits per heavy atom. The zero-order chi connectivity index (χ0) is 17.1. The number of ether oxygens (including phenoxy) is 1. The molecule has 0 bridgehead atoms. The summed E-state index contributed by atoms with van der Waals surface area (Å²) in [5.41, 5.74) is 1.98. The van der Waals surface area contributed by atoms with E-state index in [1.54, 1.807) is 25.1 Å². The quantitative estimate of drug-likeness (QED) is 0.903. The van der Waals surface area contributed by atoms with E-state index in [1.807, 2.05) is 13.0 Å². The van der Waals surface area contributed by atoms with Crippen LogP contribution in [0.4, 0.5) is 5.82 Å². The van der Waals surface area contributed by atoms with Crippen LogP contribution in [0, 0.1) is 13.8 Å². The number of carbonyl (C=O) groups excluding carboxylic acids is 1. The normalized spacial score (nSPS) is 17.6. The molecule has 0 aromatic carbocycles. The fourth-order valence-corrected chi connectivity index (χ4v) is 2.68. The number of nitrogens with zero attached hydrogens (tertiary/aromatic N) is 5. The van der Waals surface area contributed by atoms with Crippen molar-refractivity contribution in [3.63, 3.8) is 0 Å². The van der Waals surface area contributed by atoms with E-state index in [4.69, 9.17) is 4.74 Å². The lowest BCUT2D eigenvalue weighted by atomic mass is 10.1. The van der Waals surface area contributed by atoms with Gasteiger partial charge in [-0.2, -0.15) is 0 Å². The molecule has 1 N–H and O–H groups in total. The molecule has 8 nitrogen and oxygen atoms in total. The smallest absolute Gasteiger partial charge is 0.258 e. The van der Waals surface area contributed by atoms with Crippen molar-refractivity contribution in [2.24, 2.45) is 0 Å². The summed E-state index contributed by atoms with van der Waals surface area (Å²) in [4.78, 5) is 31.8. The van der Waals surface area contributed by atoms with Crippen LogP contribution in [0.5, 0.6) is 0 Å². The van der Waals surface area contributed by atoms with Crippen LogP contribution in [-0.4, -0.2) is 57.5 Å². The minimum Gasteiger partial charge on any atom is -0.377 e. The fourth-order valence-electron chi connectivity index (χ4n) is 2.68. The molecule has 0 radical (unpaired) electrons. The first-order valence-corrected chi connectivity index (χ1v) is 7.79. The Bertz CT molecular complexity index is 751. The number of morpholine rings is 1. The first-order chi connectivity index (χ1) is 11.6. The number of carbonyl (C=O) groups is 1. The summed E-state index contributed by atoms with van der Waals surface area (Å²) in [6, 6.07) is 1.52. The molecule has 126 valence electrons. The van der Waals surface area contributed by atoms with Crippen LogP contribution in [0.2, 0.25) is 0 Å². The van der Waals surface area contributed by atoms with Gasteiger partial charge in [-0.25, -0.2) is 19.9 Å². The number of aromatic nitrogens is 4. The average molecular weight is 328 g/mol. The monoisotopic (exact) mass is 328 g/mol. The van der Waals surface area contributed by atoms with Gasteiger partial charge >= 0.3 is 0 Å². The van der Waals surface area contributed by atoms with E-state index >= 15 is 0 Å². The summed E-state index contributed by atoms with van der Waals surface area (Å²) in [5.74, 6) is 1.16. The minimum absolute atomic E-state index is 0.127. The van der Waals surface area contributed by atoms with Gasteiger partial charge in [-0.1, -0.05) is 0 Å². The van der Waals surface area contributed by atoms with Gasteiger partial charge in [-0.3, -0.25) is 4.79 Å². The highest BCUT2D eigenvalue weighted by Gasteiger charge is 2.32. The molecule has 24 heavy (non-hydrogen) atoms. The molecule has 1 saturated heterocycles. The molecule has 8 heteroatoms. The van der Waals surface area contributed by atoms with Gasteiger partial charge in [0.2, 0.25) is 0 Å². The molecular formula is C16H20N6O2. The Kier molecular flexibility index (Phi) is 4.66. The summed E-state index contributed by atoms with van der Waals surface area (Å²) >= 11 is 0. The van der Waals surface area contributed by atoms with Gasteiger partial charge in [-0.15, -0.1) is 0 Å². The van der Waals surface area contributed by atoms with Gasteiger partial charge in [0.05, 0.1) is 24.5 Å². The number of hydrogen-bond acceptors (Lipinski definition) is 7. The minimum atomic E-state index is -0.335. The lowest BCUT2D eigenvalue weighted by Crippen LogP contribution is -2.44. The van der Waals surface area contributed by atoms with Crippen molar-refractivity contribution in [3.05, 3.63) is 41.4 Å². The van der Waals surface area contributed by atoms with Crippen LogP contribution in [0.3, 0.4) is 0 Å². The standard InChI is InChI=1S/C16H20N6O2/c1-10-6-14(17-3)21-15(20-10)13-8-24-5-4-22(13)16(23)12-7-18-9-19-11(12)2/h6-7,9,13H,4-5,8H2,1-3H3,(H,17,20,21)/t13-/m0/s1. The third kappa shape index (κ3) is 3.18. The second kappa shape index (κ2) is 6.88. The second-order valence-corrected chi connectivity index (χ2v) is 5.61. The molecule has 3 rings (SSSR count). The maximum absolute atomic E-state index is 13.0. The molecule has 0 saturated carbocycles. The first-order valence-electron chi connectivity index (χ1n) is 7.79. The number of amides is 1. The summed E-state index contributed by atoms with van der Waals surface area (Å²) in [5, 5.41) is 3.02. The highest BCUT2D eigenvalue weighted by Crippen LogP contribution is 2.25. The van der Waals surface area contributed by atoms with Crippen LogP contribution >= 0.6 is 0 Å². The maximum Gasteiger partial charge on any atom is 0.258 e. The van der Waals surface area contributed by atoms with Crippen LogP contribution in [0.15, 0.2) is 18.6 Å². The van der Waals surface area contributed by atoms with Crippen molar-refractivity contribution in [2.45, 2.75) is 19.9 Å². The summed E-state index contributed by atoms with van der Waals surface area (Å²) < 4.78 is 5.57. The molecule has 1 aliphatic rings. The third-order valence-electron chi connectivity index (χ3n) is 3.96. The summed E-state index contributed by atoms with van der Waals surface area (Å²) in [6.07, 6.45) is 2.99. The molecule has 1 amide bonds. The first kappa shape index (κ1) is 16.3. The Labute approximate surface area is 140 Å². The van der Waals surface area contributed by atoms with E-state index < -0.39 is 0 Å². The van der Waals surface area contributed by atoms with E-state index in [-0.39, 0.29) is 11.9 Å². The van der Waals surface area contributed by atoms with E-state index in [9.17, 15) is 4.79 Å². The average Bonchev–Trinajstić information content (AvgIpc) is 2.61. The number of anilines is 1. The molecule has 1 aliphatic heterocycles. The number of nitrogens with one attached hydrogen (secondary N) is 1. The van der Waals surface area contributed by atoms with E-state index in [0.29, 0.717) is 36.8 Å². The molecule has 1 atom stereocenters. The molecule has 2 aromatic heterocycles. The topological polar surface area (TPSA) is 93.1 Å². The molecule has 0 aliphatic carbocycles. The molecule has 2 aromatic rings. The van der Waals surface area contributed by atoms with Crippen LogP contribution < -0.4 is 5.32 Å². The van der Waals surface area contributed by atoms with Crippen LogP contribution in [-0.2, 0) is 4.74 Å². The predicted molar refractivity (Wildman–Crippen MR) is 87.7 cm³/mol. The largest absolute Gasteiger partial charge is 0.377 e. The third-order valence-corrected chi connectivity index (χ3v) is 3.96. The number of rotatable bonds is 3. The van der Waals surface area contributed by atoms with Gasteiger partial charge in [0.1, 0.15) is 18.2 Å². The predicted octanol–water partition coefficient (Wildman–Crippen LogP) is 1.14. The van der Waals surface area contributed by atoms with Crippen molar-refractivity contribution < 1.29 is 9.53 Å². The Balaban J connectivity index is 1.96. The molecule has 3 heterocycles. The zero-order valence-corrected chi connectivity index (χ0v) is 14.0. The van der Waals surface area contributed by atoms with Gasteiger partial charge in [0.15, 0.2) is 5.82 Å². The van der Waals surface area contributed by atoms with Crippen molar-refractivity contribution in [2.75, 3.05) is 32.1 Å². The number of aryl methyl sites for hydroxylation is 2. The zero-order valence-electron chi connectivity index (χ0n) is 14.0. The molecule has 0 unspecified atom stereocenters. The van der Waals surface area contributed by atoms with Crippen LogP contribution in [0.25, 0.3) is 0 Å². The highest BCUT2D eigenvalue weighted by atomic mass is 16.5. The van der Waals surface area contributed by atoms with Gasteiger partial charge in [0.25, 0.3) is 5.91 Å². The highest BCUT2D eigenvalue weighted by molar-refractivity contribution is 5.95. The van der Waals surface area contributed by atoms with E-state index in [1.165, 1.54) is 6.33 Å². The SMILES string of the molecule is CNc1cc(C)nc([C@@H]2COCCN2C(=O)c2cncnc2C)n1. The lowest BCUT2D eigenvalue weighted by molar-refractivity contribution is -0.00532. The molecule has 0 spiro atoms. The van der Waals surface area contributed by atoms with Gasteiger partial charge < -0.3 is 15.0 Å². The van der Waals surface area contributed by atoms with Gasteiger partial charge in [-0.05, 0) is 13.8 Å². The molecular weight excluding hydrogens is 308 g/mol. The Morgan fingerprint density at radius 3 is 2.96 bits per heavy atom. The molecule has 1 fully saturated rings. The fraction of sp³-hybridized carbons (Fsp3) is 0.438. The lowest BCUT2D eigenvalue weighted by Gasteiger charge is -2.35.